The third-order valence-electron chi connectivity index (χ3n) is 5.95. The second-order valence-corrected chi connectivity index (χ2v) is 9.48. The molecule has 178 valence electrons. The van der Waals surface area contributed by atoms with Crippen LogP contribution in [0.4, 0.5) is 11.4 Å². The van der Waals surface area contributed by atoms with E-state index in [0.29, 0.717) is 30.4 Å². The molecule has 34 heavy (non-hydrogen) atoms. The number of aromatic nitrogens is 3. The highest BCUT2D eigenvalue weighted by Crippen LogP contribution is 2.39. The maximum absolute atomic E-state index is 13.4. The first-order chi connectivity index (χ1) is 16.3. The average Bonchev–Trinajstić information content (AvgIpc) is 3.61. The molecule has 2 aromatic rings. The van der Waals surface area contributed by atoms with Gasteiger partial charge in [-0.05, 0) is 36.8 Å². The van der Waals surface area contributed by atoms with Crippen molar-refractivity contribution in [3.63, 3.8) is 0 Å². The summed E-state index contributed by atoms with van der Waals surface area (Å²) >= 11 is 0. The lowest BCUT2D eigenvalue weighted by molar-refractivity contribution is -0.123. The number of carbonyl (C=O) groups excluding carboxylic acids is 2. The molecule has 1 aliphatic carbocycles. The van der Waals surface area contributed by atoms with Crippen LogP contribution in [0.3, 0.4) is 0 Å². The normalized spacial score (nSPS) is 17.3. The van der Waals surface area contributed by atoms with E-state index in [1.165, 1.54) is 12.5 Å². The fourth-order valence-electron chi connectivity index (χ4n) is 3.93. The molecular weight excluding hydrogens is 432 g/mol. The SMILES string of the molecule is CN/C=C(/NC(=O)c1nc(C2CC2)ccc1Nc1cncnc1)C(=N)C(=O)N1CCC(C)(C)C1. The van der Waals surface area contributed by atoms with Crippen molar-refractivity contribution in [2.45, 2.75) is 39.0 Å². The van der Waals surface area contributed by atoms with Crippen LogP contribution < -0.4 is 16.0 Å². The average molecular weight is 463 g/mol. The second kappa shape index (κ2) is 9.58. The number of carbonyl (C=O) groups is 2. The van der Waals surface area contributed by atoms with Crippen LogP contribution in [-0.4, -0.2) is 57.5 Å². The van der Waals surface area contributed by atoms with Gasteiger partial charge < -0.3 is 20.9 Å². The maximum atomic E-state index is 13.4. The highest BCUT2D eigenvalue weighted by molar-refractivity contribution is 6.44. The molecule has 1 aliphatic heterocycles. The molecule has 0 spiro atoms. The van der Waals surface area contributed by atoms with Gasteiger partial charge in [0, 0.05) is 37.9 Å². The van der Waals surface area contributed by atoms with Gasteiger partial charge in [-0.2, -0.15) is 0 Å². The van der Waals surface area contributed by atoms with E-state index in [1.54, 1.807) is 24.3 Å². The number of nitrogens with zero attached hydrogens (tertiary/aromatic N) is 4. The van der Waals surface area contributed by atoms with Crippen LogP contribution in [0.5, 0.6) is 0 Å². The third-order valence-corrected chi connectivity index (χ3v) is 5.95. The second-order valence-electron chi connectivity index (χ2n) is 9.48. The van der Waals surface area contributed by atoms with E-state index in [2.05, 4.69) is 44.7 Å². The number of amides is 2. The molecule has 0 atom stereocenters. The minimum atomic E-state index is -0.511. The van der Waals surface area contributed by atoms with Crippen molar-refractivity contribution in [1.82, 2.24) is 30.5 Å². The highest BCUT2D eigenvalue weighted by atomic mass is 16.2. The largest absolute Gasteiger partial charge is 0.392 e. The van der Waals surface area contributed by atoms with Crippen LogP contribution >= 0.6 is 0 Å². The molecule has 4 N–H and O–H groups in total. The van der Waals surface area contributed by atoms with Crippen LogP contribution in [0.15, 0.2) is 42.8 Å². The molecule has 0 unspecified atom stereocenters. The van der Waals surface area contributed by atoms with Gasteiger partial charge in [0.1, 0.15) is 12.0 Å². The summed E-state index contributed by atoms with van der Waals surface area (Å²) in [5, 5.41) is 17.2. The van der Waals surface area contributed by atoms with E-state index in [9.17, 15) is 9.59 Å². The van der Waals surface area contributed by atoms with E-state index in [-0.39, 0.29) is 22.5 Å². The number of hydrogen-bond acceptors (Lipinski definition) is 8. The van der Waals surface area contributed by atoms with Crippen molar-refractivity contribution >= 4 is 28.9 Å². The Morgan fingerprint density at radius 3 is 2.56 bits per heavy atom. The number of pyridine rings is 1. The van der Waals surface area contributed by atoms with Gasteiger partial charge >= 0.3 is 0 Å². The molecule has 0 aromatic carbocycles. The van der Waals surface area contributed by atoms with Gasteiger partial charge in [0.2, 0.25) is 0 Å². The van der Waals surface area contributed by atoms with E-state index in [0.717, 1.165) is 25.0 Å². The Balaban J connectivity index is 1.56. The Morgan fingerprint density at radius 2 is 1.94 bits per heavy atom. The summed E-state index contributed by atoms with van der Waals surface area (Å²) in [6, 6.07) is 3.72. The molecule has 10 heteroatoms. The van der Waals surface area contributed by atoms with Gasteiger partial charge in [-0.15, -0.1) is 0 Å². The summed E-state index contributed by atoms with van der Waals surface area (Å²) in [6.45, 7) is 5.36. The molecule has 1 saturated heterocycles. The zero-order valence-electron chi connectivity index (χ0n) is 19.7. The first kappa shape index (κ1) is 23.3. The van der Waals surface area contributed by atoms with Crippen LogP contribution in [0.2, 0.25) is 0 Å². The van der Waals surface area contributed by atoms with Crippen molar-refractivity contribution < 1.29 is 9.59 Å². The predicted molar refractivity (Wildman–Crippen MR) is 129 cm³/mol. The topological polar surface area (TPSA) is 136 Å². The number of hydrogen-bond donors (Lipinski definition) is 4. The van der Waals surface area contributed by atoms with Crippen LogP contribution in [0, 0.1) is 10.8 Å². The third kappa shape index (κ3) is 5.38. The molecule has 1 saturated carbocycles. The zero-order chi connectivity index (χ0) is 24.3. The quantitative estimate of drug-likeness (QED) is 0.443. The number of anilines is 2. The summed E-state index contributed by atoms with van der Waals surface area (Å²) in [4.78, 5) is 40.6. The summed E-state index contributed by atoms with van der Waals surface area (Å²) in [5.41, 5.74) is 1.96. The molecule has 2 aliphatic rings. The highest BCUT2D eigenvalue weighted by Gasteiger charge is 2.34. The van der Waals surface area contributed by atoms with E-state index < -0.39 is 11.8 Å². The first-order valence-electron chi connectivity index (χ1n) is 11.4. The molecular formula is C24H30N8O2. The lowest BCUT2D eigenvalue weighted by Crippen LogP contribution is -2.40. The van der Waals surface area contributed by atoms with Crippen molar-refractivity contribution in [3.8, 4) is 0 Å². The standard InChI is InChI=1S/C24H30N8O2/c1-24(2)8-9-32(13-24)23(34)20(25)19(12-26-3)31-22(33)21-18(29-16-10-27-14-28-11-16)7-6-17(30-21)15-4-5-15/h6-7,10-12,14-15,25-26,29H,4-5,8-9,13H2,1-3H3,(H,31,33)/b19-12+,25-20?. The Morgan fingerprint density at radius 1 is 1.21 bits per heavy atom. The van der Waals surface area contributed by atoms with E-state index in [1.807, 2.05) is 12.1 Å². The van der Waals surface area contributed by atoms with E-state index in [4.69, 9.17) is 5.41 Å². The lowest BCUT2D eigenvalue weighted by atomic mass is 9.93. The Bertz CT molecular complexity index is 1130. The van der Waals surface area contributed by atoms with Crippen molar-refractivity contribution in [3.05, 3.63) is 54.1 Å². The molecule has 0 bridgehead atoms. The summed E-state index contributed by atoms with van der Waals surface area (Å²) in [6.07, 6.45) is 9.03. The monoisotopic (exact) mass is 462 g/mol. The number of rotatable bonds is 8. The number of nitrogens with one attached hydrogen (secondary N) is 4. The van der Waals surface area contributed by atoms with Gasteiger partial charge in [0.05, 0.1) is 29.5 Å². The number of likely N-dealkylation sites (tertiary alicyclic amines) is 1. The molecule has 0 radical (unpaired) electrons. The van der Waals surface area contributed by atoms with Gasteiger partial charge in [-0.3, -0.25) is 15.0 Å². The molecule has 2 aromatic heterocycles. The molecule has 2 amide bonds. The molecule has 10 nitrogen and oxygen atoms in total. The minimum absolute atomic E-state index is 0.0148. The lowest BCUT2D eigenvalue weighted by Gasteiger charge is -2.21. The fourth-order valence-corrected chi connectivity index (χ4v) is 3.93. The van der Waals surface area contributed by atoms with Crippen LogP contribution in [0.1, 0.15) is 55.2 Å². The van der Waals surface area contributed by atoms with Crippen molar-refractivity contribution in [1.29, 1.82) is 5.41 Å². The fraction of sp³-hybridized carbons (Fsp3) is 0.417. The molecule has 4 rings (SSSR count). The summed E-state index contributed by atoms with van der Waals surface area (Å²) in [7, 11) is 1.65. The molecule has 2 fully saturated rings. The van der Waals surface area contributed by atoms with Gasteiger partial charge in [-0.1, -0.05) is 13.8 Å². The van der Waals surface area contributed by atoms with Crippen molar-refractivity contribution in [2.75, 3.05) is 25.5 Å². The zero-order valence-corrected chi connectivity index (χ0v) is 19.7. The Kier molecular flexibility index (Phi) is 6.58. The first-order valence-corrected chi connectivity index (χ1v) is 11.4. The van der Waals surface area contributed by atoms with Crippen molar-refractivity contribution in [2.24, 2.45) is 5.41 Å². The van der Waals surface area contributed by atoms with Crippen LogP contribution in [-0.2, 0) is 4.79 Å². The smallest absolute Gasteiger partial charge is 0.276 e. The van der Waals surface area contributed by atoms with Crippen LogP contribution in [0.25, 0.3) is 0 Å². The Hall–Kier alpha value is -3.82. The summed E-state index contributed by atoms with van der Waals surface area (Å²) < 4.78 is 0. The van der Waals surface area contributed by atoms with Gasteiger partial charge in [0.25, 0.3) is 11.8 Å². The van der Waals surface area contributed by atoms with Gasteiger partial charge in [0.15, 0.2) is 5.69 Å². The maximum Gasteiger partial charge on any atom is 0.276 e. The predicted octanol–water partition coefficient (Wildman–Crippen LogP) is 2.56. The minimum Gasteiger partial charge on any atom is -0.392 e. The Labute approximate surface area is 198 Å². The van der Waals surface area contributed by atoms with Gasteiger partial charge in [-0.25, -0.2) is 15.0 Å². The molecule has 3 heterocycles. The van der Waals surface area contributed by atoms with E-state index >= 15 is 0 Å². The summed E-state index contributed by atoms with van der Waals surface area (Å²) in [5.74, 6) is -0.569.